The van der Waals surface area contributed by atoms with Gasteiger partial charge in [0.1, 0.15) is 12.6 Å². The zero-order valence-corrected chi connectivity index (χ0v) is 9.92. The van der Waals surface area contributed by atoms with Gasteiger partial charge in [0.05, 0.1) is 6.61 Å². The molecule has 1 saturated heterocycles. The molecule has 0 saturated carbocycles. The minimum atomic E-state index is -0.345. The number of hydrogen-bond acceptors (Lipinski definition) is 6. The van der Waals surface area contributed by atoms with E-state index in [0.717, 1.165) is 6.42 Å². The molecule has 8 heteroatoms. The molecule has 2 aliphatic heterocycles. The van der Waals surface area contributed by atoms with Crippen molar-refractivity contribution in [3.63, 3.8) is 0 Å². The number of aromatic amines is 1. The van der Waals surface area contributed by atoms with Crippen LogP contribution in [0.15, 0.2) is 9.79 Å². The molecule has 1 fully saturated rings. The van der Waals surface area contributed by atoms with E-state index in [2.05, 4.69) is 15.0 Å². The van der Waals surface area contributed by atoms with Crippen LogP contribution in [0.1, 0.15) is 6.42 Å². The molecule has 0 aromatic carbocycles. The number of nitrogen functional groups attached to an aromatic ring is 1. The average Bonchev–Trinajstić information content (AvgIpc) is 2.87. The van der Waals surface area contributed by atoms with E-state index in [0.29, 0.717) is 19.0 Å². The highest BCUT2D eigenvalue weighted by molar-refractivity contribution is 5.85. The second-order valence-electron chi connectivity index (χ2n) is 4.36. The number of aromatic nitrogens is 2. The molecule has 96 valence electrons. The van der Waals surface area contributed by atoms with Crippen LogP contribution in [0.2, 0.25) is 0 Å². The lowest BCUT2D eigenvalue weighted by Crippen LogP contribution is -2.44. The highest BCUT2D eigenvalue weighted by atomic mass is 16.7. The number of nitrogens with one attached hydrogen (secondary N) is 1. The smallest absolute Gasteiger partial charge is 0.302 e. The molecule has 2 aliphatic rings. The Morgan fingerprint density at radius 3 is 3.33 bits per heavy atom. The number of nitrogens with zero attached hydrogens (tertiary/aromatic N) is 3. The van der Waals surface area contributed by atoms with Gasteiger partial charge < -0.3 is 10.5 Å². The first-order valence-corrected chi connectivity index (χ1v) is 5.65. The van der Waals surface area contributed by atoms with Gasteiger partial charge in [0.25, 0.3) is 5.56 Å². The van der Waals surface area contributed by atoms with Crippen LogP contribution in [0, 0.1) is 0 Å². The summed E-state index contributed by atoms with van der Waals surface area (Å²) in [5, 5.41) is 0. The Morgan fingerprint density at radius 1 is 1.72 bits per heavy atom. The minimum Gasteiger partial charge on any atom is -0.382 e. The predicted molar refractivity (Wildman–Crippen MR) is 65.4 cm³/mol. The molecular formula is C10H14N5O3+. The van der Waals surface area contributed by atoms with E-state index in [1.165, 1.54) is 0 Å². The Bertz CT molecular complexity index is 569. The van der Waals surface area contributed by atoms with E-state index < -0.39 is 0 Å². The summed E-state index contributed by atoms with van der Waals surface area (Å²) in [5.74, 6) is 0.524. The largest absolute Gasteiger partial charge is 0.382 e. The number of aliphatic imine (C=N–C) groups is 1. The Balaban J connectivity index is 2.00. The Hall–Kier alpha value is -1.77. The van der Waals surface area contributed by atoms with Crippen molar-refractivity contribution >= 4 is 23.8 Å². The van der Waals surface area contributed by atoms with Crippen LogP contribution >= 0.6 is 0 Å². The fourth-order valence-corrected chi connectivity index (χ4v) is 2.31. The first-order chi connectivity index (χ1) is 8.64. The van der Waals surface area contributed by atoms with Gasteiger partial charge in [-0.15, -0.1) is 0 Å². The molecule has 0 amide bonds. The van der Waals surface area contributed by atoms with E-state index >= 15 is 0 Å². The van der Waals surface area contributed by atoms with Gasteiger partial charge >= 0.3 is 5.82 Å². The van der Waals surface area contributed by atoms with Crippen molar-refractivity contribution in [2.75, 3.05) is 26.0 Å². The first kappa shape index (κ1) is 11.3. The number of H-pyrrole nitrogens is 1. The van der Waals surface area contributed by atoms with Crippen LogP contribution in [0.4, 0.5) is 17.5 Å². The average molecular weight is 252 g/mol. The third-order valence-electron chi connectivity index (χ3n) is 3.10. The number of nitrogens with two attached hydrogens (primary N) is 1. The fourth-order valence-electron chi connectivity index (χ4n) is 2.31. The van der Waals surface area contributed by atoms with Crippen molar-refractivity contribution in [3.8, 4) is 0 Å². The number of anilines is 1. The summed E-state index contributed by atoms with van der Waals surface area (Å²) in [4.78, 5) is 28.2. The van der Waals surface area contributed by atoms with Crippen molar-refractivity contribution in [2.24, 2.45) is 4.99 Å². The van der Waals surface area contributed by atoms with Gasteiger partial charge in [-0.05, 0) is 0 Å². The van der Waals surface area contributed by atoms with Crippen LogP contribution in [0.3, 0.4) is 0 Å². The Morgan fingerprint density at radius 2 is 2.56 bits per heavy atom. The van der Waals surface area contributed by atoms with Crippen LogP contribution in [-0.4, -0.2) is 42.7 Å². The van der Waals surface area contributed by atoms with E-state index in [1.807, 2.05) is 0 Å². The normalized spacial score (nSPS) is 29.1. The number of hydroxylamine groups is 2. The molecule has 3 N–H and O–H groups in total. The quantitative estimate of drug-likeness (QED) is 0.702. The van der Waals surface area contributed by atoms with Gasteiger partial charge in [-0.25, -0.2) is 0 Å². The van der Waals surface area contributed by atoms with Crippen LogP contribution in [0.5, 0.6) is 0 Å². The number of ether oxygens (including phenoxy) is 1. The number of methoxy groups -OCH3 is 1. The fraction of sp³-hybridized carbons (Fsp3) is 0.500. The molecule has 1 aromatic rings. The lowest BCUT2D eigenvalue weighted by molar-refractivity contribution is -0.0969. The monoisotopic (exact) mass is 252 g/mol. The van der Waals surface area contributed by atoms with Gasteiger partial charge in [0, 0.05) is 13.5 Å². The van der Waals surface area contributed by atoms with Crippen LogP contribution < -0.4 is 15.9 Å². The number of hydrogen-bond donors (Lipinski definition) is 2. The van der Waals surface area contributed by atoms with E-state index in [-0.39, 0.29) is 27.9 Å². The van der Waals surface area contributed by atoms with E-state index in [1.54, 1.807) is 13.4 Å². The molecule has 0 radical (unpaired) electrons. The van der Waals surface area contributed by atoms with Crippen LogP contribution in [0.25, 0.3) is 0 Å². The second-order valence-corrected chi connectivity index (χ2v) is 4.36. The molecule has 3 heterocycles. The number of fused-ring (bicyclic) bond motifs is 2. The number of rotatable bonds is 2. The molecule has 2 atom stereocenters. The molecule has 3 rings (SSSR count). The lowest BCUT2D eigenvalue weighted by Gasteiger charge is -2.20. The summed E-state index contributed by atoms with van der Waals surface area (Å²) in [7, 11) is 1.62. The van der Waals surface area contributed by atoms with E-state index in [9.17, 15) is 4.79 Å². The van der Waals surface area contributed by atoms with Crippen LogP contribution in [-0.2, 0) is 9.57 Å². The summed E-state index contributed by atoms with van der Waals surface area (Å²) in [5.41, 5.74) is 5.48. The summed E-state index contributed by atoms with van der Waals surface area (Å²) >= 11 is 0. The standard InChI is InChI=1S/C10H13N5O3/c1-17-4-6-2-3-15(18-6)5-12-7-8(15)13-10(11)14-9(7)16/h5-6H,2-4H2,1H3,(H2-,11,13,14,16)/p+1. The molecule has 1 aromatic heterocycles. The van der Waals surface area contributed by atoms with Crippen molar-refractivity contribution < 1.29 is 9.57 Å². The summed E-state index contributed by atoms with van der Waals surface area (Å²) in [6.45, 7) is 1.17. The minimum absolute atomic E-state index is 0.0253. The predicted octanol–water partition coefficient (Wildman–Crippen LogP) is -0.317. The molecule has 1 spiro atoms. The zero-order valence-electron chi connectivity index (χ0n) is 9.92. The summed E-state index contributed by atoms with van der Waals surface area (Å²) < 4.78 is 5.10. The highest BCUT2D eigenvalue weighted by Gasteiger charge is 2.49. The summed E-state index contributed by atoms with van der Waals surface area (Å²) in [6, 6.07) is 0. The maximum Gasteiger partial charge on any atom is 0.302 e. The molecule has 0 aliphatic carbocycles. The van der Waals surface area contributed by atoms with Crippen molar-refractivity contribution in [3.05, 3.63) is 10.4 Å². The Kier molecular flexibility index (Phi) is 2.44. The second kappa shape index (κ2) is 3.87. The molecule has 0 bridgehead atoms. The van der Waals surface area contributed by atoms with Gasteiger partial charge in [0.15, 0.2) is 0 Å². The highest BCUT2D eigenvalue weighted by Crippen LogP contribution is 2.38. The topological polar surface area (TPSA) is 103 Å². The third kappa shape index (κ3) is 1.54. The van der Waals surface area contributed by atoms with Crippen molar-refractivity contribution in [1.82, 2.24) is 14.6 Å². The molecular weight excluding hydrogens is 238 g/mol. The molecule has 18 heavy (non-hydrogen) atoms. The van der Waals surface area contributed by atoms with Gasteiger partial charge in [0.2, 0.25) is 18.0 Å². The number of quaternary nitrogens is 1. The van der Waals surface area contributed by atoms with Gasteiger partial charge in [-0.1, -0.05) is 4.65 Å². The Labute approximate surface area is 103 Å². The zero-order chi connectivity index (χ0) is 12.8. The van der Waals surface area contributed by atoms with Crippen molar-refractivity contribution in [2.45, 2.75) is 12.5 Å². The molecule has 2 unspecified atom stereocenters. The third-order valence-corrected chi connectivity index (χ3v) is 3.10. The lowest BCUT2D eigenvalue weighted by atomic mass is 10.3. The van der Waals surface area contributed by atoms with E-state index in [4.69, 9.17) is 15.3 Å². The van der Waals surface area contributed by atoms with Gasteiger partial charge in [-0.3, -0.25) is 9.78 Å². The first-order valence-electron chi connectivity index (χ1n) is 5.65. The maximum absolute atomic E-state index is 11.7. The maximum atomic E-state index is 11.7. The SMILES string of the molecule is COCC1CC[N+]2(C=Nc3c2nc(N)[nH]c3=O)O1. The van der Waals surface area contributed by atoms with Crippen molar-refractivity contribution in [1.29, 1.82) is 0 Å². The molecule has 8 nitrogen and oxygen atoms in total. The van der Waals surface area contributed by atoms with Gasteiger partial charge in [-0.2, -0.15) is 14.8 Å². The summed E-state index contributed by atoms with van der Waals surface area (Å²) in [6.07, 6.45) is 2.37.